The van der Waals surface area contributed by atoms with Crippen molar-refractivity contribution >= 4 is 11.8 Å². The number of hydrogen-bond donors (Lipinski definition) is 3. The van der Waals surface area contributed by atoms with Gasteiger partial charge in [0.15, 0.2) is 0 Å². The van der Waals surface area contributed by atoms with E-state index in [-0.39, 0.29) is 0 Å². The van der Waals surface area contributed by atoms with Gasteiger partial charge in [0.05, 0.1) is 12.7 Å². The summed E-state index contributed by atoms with van der Waals surface area (Å²) in [6, 6.07) is 0. The van der Waals surface area contributed by atoms with Crippen LogP contribution < -0.4 is 10.6 Å². The molecular weight excluding hydrogens is 212 g/mol. The van der Waals surface area contributed by atoms with E-state index in [1.807, 2.05) is 6.92 Å². The van der Waals surface area contributed by atoms with E-state index in [0.717, 1.165) is 0 Å². The number of aliphatic hydroxyl groups excluding tert-OH is 1. The first-order valence-electron chi connectivity index (χ1n) is 5.48. The summed E-state index contributed by atoms with van der Waals surface area (Å²) >= 11 is 0. The van der Waals surface area contributed by atoms with Crippen LogP contribution >= 0.6 is 0 Å². The zero-order valence-corrected chi connectivity index (χ0v) is 9.36. The number of nitrogens with one attached hydrogen (secondary N) is 2. The highest BCUT2D eigenvalue weighted by molar-refractivity contribution is 6.01. The Kier molecular flexibility index (Phi) is 5.21. The number of piperidine rings is 1. The molecule has 6 heteroatoms. The van der Waals surface area contributed by atoms with Crippen molar-refractivity contribution in [3.05, 3.63) is 0 Å². The highest BCUT2D eigenvalue weighted by Crippen LogP contribution is 2.12. The average molecular weight is 230 g/mol. The van der Waals surface area contributed by atoms with Crippen molar-refractivity contribution in [2.45, 2.75) is 19.4 Å². The van der Waals surface area contributed by atoms with Crippen LogP contribution in [0.1, 0.15) is 13.3 Å². The summed E-state index contributed by atoms with van der Waals surface area (Å²) in [7, 11) is 0. The van der Waals surface area contributed by atoms with E-state index in [2.05, 4.69) is 10.6 Å². The van der Waals surface area contributed by atoms with Gasteiger partial charge in [0.25, 0.3) is 0 Å². The van der Waals surface area contributed by atoms with E-state index in [1.165, 1.54) is 0 Å². The van der Waals surface area contributed by atoms with Gasteiger partial charge in [0.1, 0.15) is 5.92 Å². The third-order valence-electron chi connectivity index (χ3n) is 2.44. The lowest BCUT2D eigenvalue weighted by atomic mass is 9.94. The number of rotatable bonds is 5. The van der Waals surface area contributed by atoms with Gasteiger partial charge in [-0.3, -0.25) is 9.59 Å². The lowest BCUT2D eigenvalue weighted by Crippen LogP contribution is -2.52. The zero-order valence-electron chi connectivity index (χ0n) is 9.36. The van der Waals surface area contributed by atoms with Crippen LogP contribution in [0.5, 0.6) is 0 Å². The monoisotopic (exact) mass is 230 g/mol. The number of aliphatic hydroxyl groups is 1. The third-order valence-corrected chi connectivity index (χ3v) is 2.44. The highest BCUT2D eigenvalue weighted by Gasteiger charge is 2.36. The summed E-state index contributed by atoms with van der Waals surface area (Å²) in [5.74, 6) is -1.84. The Morgan fingerprint density at radius 1 is 1.69 bits per heavy atom. The van der Waals surface area contributed by atoms with E-state index in [4.69, 9.17) is 4.74 Å². The highest BCUT2D eigenvalue weighted by atomic mass is 16.5. The standard InChI is InChI=1S/C10H18N2O4/c1-2-16-6-5-12-10(15)8-7(13)3-4-11-9(8)14/h7-8,13H,2-6H2,1H3,(H,11,14)(H,12,15). The Morgan fingerprint density at radius 2 is 2.44 bits per heavy atom. The van der Waals surface area contributed by atoms with Crippen molar-refractivity contribution < 1.29 is 19.4 Å². The summed E-state index contributed by atoms with van der Waals surface area (Å²) < 4.78 is 5.05. The van der Waals surface area contributed by atoms with Crippen molar-refractivity contribution in [2.75, 3.05) is 26.3 Å². The second-order valence-corrected chi connectivity index (χ2v) is 3.61. The maximum absolute atomic E-state index is 11.6. The minimum Gasteiger partial charge on any atom is -0.392 e. The Morgan fingerprint density at radius 3 is 3.06 bits per heavy atom. The molecule has 1 aliphatic heterocycles. The molecule has 1 fully saturated rings. The number of carbonyl (C=O) groups excluding carboxylic acids is 2. The molecule has 0 aromatic rings. The number of carbonyl (C=O) groups is 2. The second kappa shape index (κ2) is 6.44. The molecule has 16 heavy (non-hydrogen) atoms. The van der Waals surface area contributed by atoms with Crippen molar-refractivity contribution in [3.63, 3.8) is 0 Å². The van der Waals surface area contributed by atoms with E-state index in [0.29, 0.717) is 32.7 Å². The molecule has 0 spiro atoms. The molecule has 0 aromatic carbocycles. The first-order valence-corrected chi connectivity index (χ1v) is 5.48. The Balaban J connectivity index is 2.36. The summed E-state index contributed by atoms with van der Waals surface area (Å²) in [5.41, 5.74) is 0. The van der Waals surface area contributed by atoms with Crippen LogP contribution in [0.3, 0.4) is 0 Å². The summed E-state index contributed by atoms with van der Waals surface area (Å²) in [6.45, 7) is 3.63. The van der Waals surface area contributed by atoms with Gasteiger partial charge in [0, 0.05) is 19.7 Å². The molecule has 92 valence electrons. The molecule has 2 amide bonds. The van der Waals surface area contributed by atoms with Gasteiger partial charge < -0.3 is 20.5 Å². The molecule has 0 radical (unpaired) electrons. The van der Waals surface area contributed by atoms with Crippen LogP contribution in [0.25, 0.3) is 0 Å². The fourth-order valence-electron chi connectivity index (χ4n) is 1.59. The third kappa shape index (κ3) is 3.46. The van der Waals surface area contributed by atoms with Crippen LogP contribution in [0, 0.1) is 5.92 Å². The predicted molar refractivity (Wildman–Crippen MR) is 56.6 cm³/mol. The van der Waals surface area contributed by atoms with E-state index in [1.54, 1.807) is 0 Å². The van der Waals surface area contributed by atoms with Crippen LogP contribution in [-0.4, -0.2) is 49.3 Å². The lowest BCUT2D eigenvalue weighted by molar-refractivity contribution is -0.142. The number of ether oxygens (including phenoxy) is 1. The normalized spacial score (nSPS) is 25.0. The van der Waals surface area contributed by atoms with Gasteiger partial charge in [0.2, 0.25) is 11.8 Å². The van der Waals surface area contributed by atoms with Gasteiger partial charge in [-0.15, -0.1) is 0 Å². The molecule has 1 heterocycles. The second-order valence-electron chi connectivity index (χ2n) is 3.61. The minimum atomic E-state index is -0.990. The lowest BCUT2D eigenvalue weighted by Gasteiger charge is -2.26. The largest absolute Gasteiger partial charge is 0.392 e. The predicted octanol–water partition coefficient (Wildman–Crippen LogP) is -1.36. The molecule has 3 N–H and O–H groups in total. The van der Waals surface area contributed by atoms with Gasteiger partial charge >= 0.3 is 0 Å². The van der Waals surface area contributed by atoms with Gasteiger partial charge in [-0.25, -0.2) is 0 Å². The molecule has 1 rings (SSSR count). The Hall–Kier alpha value is -1.14. The van der Waals surface area contributed by atoms with E-state index < -0.39 is 23.8 Å². The molecule has 0 saturated carbocycles. The van der Waals surface area contributed by atoms with Gasteiger partial charge in [-0.1, -0.05) is 0 Å². The minimum absolute atomic E-state index is 0.350. The number of hydrogen-bond acceptors (Lipinski definition) is 4. The molecular formula is C10H18N2O4. The van der Waals surface area contributed by atoms with Crippen LogP contribution in [0.2, 0.25) is 0 Å². The van der Waals surface area contributed by atoms with E-state index >= 15 is 0 Å². The van der Waals surface area contributed by atoms with Crippen LogP contribution in [0.4, 0.5) is 0 Å². The van der Waals surface area contributed by atoms with Crippen LogP contribution in [0.15, 0.2) is 0 Å². The van der Waals surface area contributed by atoms with Gasteiger partial charge in [-0.05, 0) is 13.3 Å². The Bertz CT molecular complexity index is 257. The SMILES string of the molecule is CCOCCNC(=O)C1C(=O)NCCC1O. The molecule has 6 nitrogen and oxygen atoms in total. The topological polar surface area (TPSA) is 87.7 Å². The van der Waals surface area contributed by atoms with Crippen molar-refractivity contribution in [3.8, 4) is 0 Å². The first kappa shape index (κ1) is 12.9. The maximum Gasteiger partial charge on any atom is 0.235 e. The quantitative estimate of drug-likeness (QED) is 0.402. The molecule has 1 aliphatic rings. The molecule has 0 aromatic heterocycles. The van der Waals surface area contributed by atoms with Crippen molar-refractivity contribution in [2.24, 2.45) is 5.92 Å². The Labute approximate surface area is 94.3 Å². The zero-order chi connectivity index (χ0) is 12.0. The van der Waals surface area contributed by atoms with Crippen molar-refractivity contribution in [1.29, 1.82) is 0 Å². The van der Waals surface area contributed by atoms with E-state index in [9.17, 15) is 14.7 Å². The maximum atomic E-state index is 11.6. The molecule has 0 bridgehead atoms. The summed E-state index contributed by atoms with van der Waals surface area (Å²) in [5, 5.41) is 14.7. The molecule has 2 atom stereocenters. The average Bonchev–Trinajstić information content (AvgIpc) is 2.24. The molecule has 1 saturated heterocycles. The first-order chi connectivity index (χ1) is 7.66. The molecule has 0 aliphatic carbocycles. The van der Waals surface area contributed by atoms with Gasteiger partial charge in [-0.2, -0.15) is 0 Å². The molecule has 2 unspecified atom stereocenters. The fraction of sp³-hybridized carbons (Fsp3) is 0.800. The fourth-order valence-corrected chi connectivity index (χ4v) is 1.59. The summed E-state index contributed by atoms with van der Waals surface area (Å²) in [6.07, 6.45) is -0.476. The van der Waals surface area contributed by atoms with Crippen LogP contribution in [-0.2, 0) is 14.3 Å². The van der Waals surface area contributed by atoms with Crippen molar-refractivity contribution in [1.82, 2.24) is 10.6 Å². The smallest absolute Gasteiger partial charge is 0.235 e. The number of amides is 2. The summed E-state index contributed by atoms with van der Waals surface area (Å²) in [4.78, 5) is 23.0.